The van der Waals surface area contributed by atoms with Gasteiger partial charge in [-0.15, -0.1) is 0 Å². The van der Waals surface area contributed by atoms with Crippen LogP contribution in [0.4, 0.5) is 4.39 Å². The van der Waals surface area contributed by atoms with Crippen molar-refractivity contribution in [3.05, 3.63) is 90.5 Å². The highest BCUT2D eigenvalue weighted by Crippen LogP contribution is 2.18. The molecule has 0 unspecified atom stereocenters. The van der Waals surface area contributed by atoms with E-state index in [0.29, 0.717) is 5.56 Å². The molecule has 0 aliphatic heterocycles. The molecule has 3 aromatic carbocycles. The van der Waals surface area contributed by atoms with Crippen LogP contribution in [0.5, 0.6) is 5.75 Å². The van der Waals surface area contributed by atoms with Gasteiger partial charge in [-0.1, -0.05) is 24.3 Å². The van der Waals surface area contributed by atoms with Crippen molar-refractivity contribution in [1.82, 2.24) is 14.9 Å². The lowest BCUT2D eigenvalue weighted by atomic mass is 10.2. The van der Waals surface area contributed by atoms with Gasteiger partial charge in [0.1, 0.15) is 12.9 Å². The van der Waals surface area contributed by atoms with E-state index in [1.165, 1.54) is 6.07 Å². The maximum absolute atomic E-state index is 13.5. The molecule has 0 atom stereocenters. The highest BCUT2D eigenvalue weighted by molar-refractivity contribution is 5.94. The van der Waals surface area contributed by atoms with Crippen molar-refractivity contribution in [3.63, 3.8) is 0 Å². The summed E-state index contributed by atoms with van der Waals surface area (Å²) in [6.45, 7) is 0.465. The van der Waals surface area contributed by atoms with E-state index in [1.807, 2.05) is 41.0 Å². The van der Waals surface area contributed by atoms with Crippen molar-refractivity contribution in [2.45, 2.75) is 0 Å². The number of nitrogens with one attached hydrogen (secondary N) is 1. The van der Waals surface area contributed by atoms with Crippen LogP contribution >= 0.6 is 0 Å². The summed E-state index contributed by atoms with van der Waals surface area (Å²) in [7, 11) is 0. The smallest absolute Gasteiger partial charge is 0.251 e. The molecule has 1 heterocycles. The summed E-state index contributed by atoms with van der Waals surface area (Å²) >= 11 is 0. The summed E-state index contributed by atoms with van der Waals surface area (Å²) in [4.78, 5) is 16.6. The summed E-state index contributed by atoms with van der Waals surface area (Å²) in [5, 5.41) is 2.77. The number of amides is 1. The first-order chi connectivity index (χ1) is 13.7. The average Bonchev–Trinajstić information content (AvgIpc) is 3.16. The molecule has 1 aromatic heterocycles. The topological polar surface area (TPSA) is 56.1 Å². The summed E-state index contributed by atoms with van der Waals surface area (Å²) in [6.07, 6.45) is 1.76. The minimum atomic E-state index is -0.420. The van der Waals surface area contributed by atoms with Gasteiger partial charge in [-0.3, -0.25) is 9.36 Å². The molecule has 28 heavy (non-hydrogen) atoms. The molecule has 0 fully saturated rings. The molecular formula is C22H18FN3O2. The molecule has 5 nitrogen and oxygen atoms in total. The largest absolute Gasteiger partial charge is 0.489 e. The lowest BCUT2D eigenvalue weighted by molar-refractivity contribution is 0.0946. The Balaban J connectivity index is 1.36. The monoisotopic (exact) mass is 375 g/mol. The van der Waals surface area contributed by atoms with Crippen LogP contribution in [-0.4, -0.2) is 28.6 Å². The molecule has 6 heteroatoms. The fraction of sp³-hybridized carbons (Fsp3) is 0.0909. The predicted octanol–water partition coefficient (Wildman–Crippen LogP) is 3.97. The molecule has 0 spiro atoms. The molecule has 0 radical (unpaired) electrons. The van der Waals surface area contributed by atoms with Crippen LogP contribution in [0, 0.1) is 5.82 Å². The number of rotatable bonds is 6. The highest BCUT2D eigenvalue weighted by Gasteiger charge is 2.08. The average molecular weight is 375 g/mol. The van der Waals surface area contributed by atoms with Crippen molar-refractivity contribution in [2.24, 2.45) is 0 Å². The van der Waals surface area contributed by atoms with E-state index in [2.05, 4.69) is 10.3 Å². The molecule has 0 bridgehead atoms. The zero-order chi connectivity index (χ0) is 19.3. The van der Waals surface area contributed by atoms with E-state index in [0.717, 1.165) is 16.7 Å². The molecule has 4 rings (SSSR count). The third-order valence-electron chi connectivity index (χ3n) is 4.34. The van der Waals surface area contributed by atoms with Gasteiger partial charge in [0.05, 0.1) is 17.6 Å². The van der Waals surface area contributed by atoms with Crippen molar-refractivity contribution in [2.75, 3.05) is 13.2 Å². The molecule has 0 saturated heterocycles. The summed E-state index contributed by atoms with van der Waals surface area (Å²) in [6, 6.07) is 21.3. The third kappa shape index (κ3) is 3.71. The number of hydrogen-bond donors (Lipinski definition) is 1. The number of aromatic nitrogens is 2. The fourth-order valence-corrected chi connectivity index (χ4v) is 2.93. The van der Waals surface area contributed by atoms with Gasteiger partial charge in [0, 0.05) is 11.3 Å². The Morgan fingerprint density at radius 2 is 1.75 bits per heavy atom. The quantitative estimate of drug-likeness (QED) is 0.519. The minimum Gasteiger partial charge on any atom is -0.489 e. The molecule has 0 aliphatic rings. The first kappa shape index (κ1) is 17.7. The number of carbonyl (C=O) groups excluding carboxylic acids is 1. The maximum atomic E-state index is 13.5. The summed E-state index contributed by atoms with van der Waals surface area (Å²) < 4.78 is 20.8. The van der Waals surface area contributed by atoms with E-state index in [-0.39, 0.29) is 24.8 Å². The zero-order valence-electron chi connectivity index (χ0n) is 15.0. The molecule has 1 amide bonds. The molecule has 1 N–H and O–H groups in total. The van der Waals surface area contributed by atoms with Crippen LogP contribution < -0.4 is 10.1 Å². The second kappa shape index (κ2) is 7.92. The number of imidazole rings is 1. The van der Waals surface area contributed by atoms with E-state index in [9.17, 15) is 9.18 Å². The van der Waals surface area contributed by atoms with Crippen molar-refractivity contribution in [1.29, 1.82) is 0 Å². The van der Waals surface area contributed by atoms with Crippen molar-refractivity contribution in [3.8, 4) is 11.4 Å². The number of benzene rings is 3. The number of nitrogens with zero attached hydrogens (tertiary/aromatic N) is 2. The lowest BCUT2D eigenvalue weighted by Crippen LogP contribution is -2.28. The van der Waals surface area contributed by atoms with Crippen molar-refractivity contribution >= 4 is 16.9 Å². The van der Waals surface area contributed by atoms with Gasteiger partial charge in [-0.2, -0.15) is 0 Å². The highest BCUT2D eigenvalue weighted by atomic mass is 19.1. The lowest BCUT2D eigenvalue weighted by Gasteiger charge is -2.09. The van der Waals surface area contributed by atoms with E-state index >= 15 is 0 Å². The summed E-state index contributed by atoms with van der Waals surface area (Å²) in [5.41, 5.74) is 3.39. The molecular weight excluding hydrogens is 357 g/mol. The van der Waals surface area contributed by atoms with Gasteiger partial charge in [0.25, 0.3) is 5.91 Å². The maximum Gasteiger partial charge on any atom is 0.251 e. The van der Waals surface area contributed by atoms with Gasteiger partial charge < -0.3 is 10.1 Å². The van der Waals surface area contributed by atoms with Gasteiger partial charge in [-0.25, -0.2) is 9.37 Å². The number of carbonyl (C=O) groups is 1. The Morgan fingerprint density at radius 3 is 2.57 bits per heavy atom. The fourth-order valence-electron chi connectivity index (χ4n) is 2.93. The third-order valence-corrected chi connectivity index (χ3v) is 4.34. The van der Waals surface area contributed by atoms with Gasteiger partial charge in [-0.05, 0) is 48.5 Å². The van der Waals surface area contributed by atoms with Crippen LogP contribution in [0.1, 0.15) is 10.4 Å². The Labute approximate surface area is 161 Å². The zero-order valence-corrected chi connectivity index (χ0v) is 15.0. The van der Waals surface area contributed by atoms with Crippen LogP contribution in [0.25, 0.3) is 16.7 Å². The number of para-hydroxylation sites is 3. The Morgan fingerprint density at radius 1 is 1.00 bits per heavy atom. The Hall–Kier alpha value is -3.67. The molecule has 0 aliphatic carbocycles. The van der Waals surface area contributed by atoms with Crippen LogP contribution in [0.3, 0.4) is 0 Å². The standard InChI is InChI=1S/C22H18FN3O2/c23-18-5-1-4-8-21(18)28-14-13-24-22(27)16-9-11-17(12-10-16)26-15-25-19-6-2-3-7-20(19)26/h1-12,15H,13-14H2,(H,24,27). The molecule has 0 saturated carbocycles. The van der Waals surface area contributed by atoms with E-state index < -0.39 is 5.82 Å². The van der Waals surface area contributed by atoms with Gasteiger partial charge in [0.2, 0.25) is 0 Å². The second-order valence-corrected chi connectivity index (χ2v) is 6.18. The molecule has 140 valence electrons. The van der Waals surface area contributed by atoms with Crippen LogP contribution in [0.15, 0.2) is 79.1 Å². The number of ether oxygens (including phenoxy) is 1. The predicted molar refractivity (Wildman–Crippen MR) is 105 cm³/mol. The SMILES string of the molecule is O=C(NCCOc1ccccc1F)c1ccc(-n2cnc3ccccc32)cc1. The van der Waals surface area contributed by atoms with Gasteiger partial charge >= 0.3 is 0 Å². The number of fused-ring (bicyclic) bond motifs is 1. The normalized spacial score (nSPS) is 10.8. The van der Waals surface area contributed by atoms with Crippen molar-refractivity contribution < 1.29 is 13.9 Å². The Bertz CT molecular complexity index is 1110. The minimum absolute atomic E-state index is 0.175. The van der Waals surface area contributed by atoms with E-state index in [1.54, 1.807) is 36.7 Å². The second-order valence-electron chi connectivity index (χ2n) is 6.18. The molecule has 4 aromatic rings. The van der Waals surface area contributed by atoms with Crippen LogP contribution in [-0.2, 0) is 0 Å². The Kier molecular flexibility index (Phi) is 5.01. The summed E-state index contributed by atoms with van der Waals surface area (Å²) in [5.74, 6) is -0.454. The number of halogens is 1. The van der Waals surface area contributed by atoms with Crippen LogP contribution in [0.2, 0.25) is 0 Å². The first-order valence-electron chi connectivity index (χ1n) is 8.90. The first-order valence-corrected chi connectivity index (χ1v) is 8.90. The number of hydrogen-bond acceptors (Lipinski definition) is 3. The van der Waals surface area contributed by atoms with E-state index in [4.69, 9.17) is 4.74 Å². The van der Waals surface area contributed by atoms with Gasteiger partial charge in [0.15, 0.2) is 11.6 Å².